The predicted molar refractivity (Wildman–Crippen MR) is 64.5 cm³/mol. The highest BCUT2D eigenvalue weighted by Crippen LogP contribution is 2.30. The Morgan fingerprint density at radius 3 is 2.79 bits per heavy atom. The van der Waals surface area contributed by atoms with Crippen LogP contribution < -0.4 is 0 Å². The molecule has 0 saturated carbocycles. The molecule has 1 aromatic carbocycles. The average Bonchev–Trinajstić information content (AvgIpc) is 2.47. The molecular weight excluding hydrogens is 250 g/mol. The van der Waals surface area contributed by atoms with Crippen LogP contribution >= 0.6 is 0 Å². The molecule has 19 heavy (non-hydrogen) atoms. The van der Waals surface area contributed by atoms with Crippen molar-refractivity contribution >= 4 is 6.09 Å². The first-order valence-electron chi connectivity index (χ1n) is 6.19. The lowest BCUT2D eigenvalue weighted by molar-refractivity contribution is -0.309. The van der Waals surface area contributed by atoms with Gasteiger partial charge >= 0.3 is 6.09 Å². The van der Waals surface area contributed by atoms with E-state index in [0.717, 1.165) is 5.56 Å². The van der Waals surface area contributed by atoms with E-state index in [4.69, 9.17) is 14.2 Å². The van der Waals surface area contributed by atoms with Crippen molar-refractivity contribution in [2.24, 2.45) is 0 Å². The second kappa shape index (κ2) is 5.16. The first-order valence-corrected chi connectivity index (χ1v) is 6.19. The van der Waals surface area contributed by atoms with Gasteiger partial charge in [0.25, 0.3) is 0 Å². The number of nitrogens with zero attached hydrogens (tertiary/aromatic N) is 1. The van der Waals surface area contributed by atoms with Crippen LogP contribution in [0.25, 0.3) is 0 Å². The van der Waals surface area contributed by atoms with Crippen LogP contribution in [0.5, 0.6) is 0 Å². The minimum absolute atomic E-state index is 0.317. The van der Waals surface area contributed by atoms with E-state index in [1.807, 2.05) is 30.3 Å². The maximum Gasteiger partial charge on any atom is 0.409 e. The summed E-state index contributed by atoms with van der Waals surface area (Å²) in [7, 11) is 0. The van der Waals surface area contributed by atoms with Gasteiger partial charge < -0.3 is 19.3 Å². The smallest absolute Gasteiger partial charge is 0.409 e. The Morgan fingerprint density at radius 2 is 2.05 bits per heavy atom. The van der Waals surface area contributed by atoms with Crippen LogP contribution in [0.15, 0.2) is 30.3 Å². The molecule has 0 aromatic heterocycles. The molecule has 1 aromatic rings. The van der Waals surface area contributed by atoms with Crippen molar-refractivity contribution in [2.75, 3.05) is 19.8 Å². The number of hydrogen-bond donors (Lipinski definition) is 1. The number of morpholine rings is 1. The van der Waals surface area contributed by atoms with E-state index in [0.29, 0.717) is 19.8 Å². The molecule has 6 nitrogen and oxygen atoms in total. The van der Waals surface area contributed by atoms with Gasteiger partial charge in [-0.15, -0.1) is 0 Å². The standard InChI is InChI=1S/C13H15NO5/c15-13(16)14-6-7-17-10-8-18-12(19-11(10)14)9-4-2-1-3-5-9/h1-5,10-12H,6-8H2,(H,15,16). The fourth-order valence-electron chi connectivity index (χ4n) is 2.34. The zero-order chi connectivity index (χ0) is 13.2. The minimum atomic E-state index is -0.994. The van der Waals surface area contributed by atoms with Gasteiger partial charge in [-0.05, 0) is 0 Å². The molecule has 2 heterocycles. The van der Waals surface area contributed by atoms with Gasteiger partial charge in [0.1, 0.15) is 6.10 Å². The maximum absolute atomic E-state index is 11.2. The van der Waals surface area contributed by atoms with Crippen LogP contribution in [0.4, 0.5) is 4.79 Å². The Bertz CT molecular complexity index is 452. The molecule has 1 amide bonds. The van der Waals surface area contributed by atoms with Crippen LogP contribution in [-0.2, 0) is 14.2 Å². The molecule has 3 atom stereocenters. The lowest BCUT2D eigenvalue weighted by Gasteiger charge is -2.44. The van der Waals surface area contributed by atoms with E-state index in [1.165, 1.54) is 4.90 Å². The quantitative estimate of drug-likeness (QED) is 0.832. The molecule has 0 aliphatic carbocycles. The fourth-order valence-corrected chi connectivity index (χ4v) is 2.34. The highest BCUT2D eigenvalue weighted by Gasteiger charge is 2.42. The second-order valence-electron chi connectivity index (χ2n) is 4.49. The summed E-state index contributed by atoms with van der Waals surface area (Å²) in [5.41, 5.74) is 0.872. The molecule has 102 valence electrons. The van der Waals surface area contributed by atoms with Crippen LogP contribution in [0.3, 0.4) is 0 Å². The molecule has 6 heteroatoms. The lowest BCUT2D eigenvalue weighted by atomic mass is 10.2. The van der Waals surface area contributed by atoms with Gasteiger partial charge in [0.15, 0.2) is 12.5 Å². The Hall–Kier alpha value is -1.63. The summed E-state index contributed by atoms with van der Waals surface area (Å²) in [6.07, 6.45) is -2.51. The number of carbonyl (C=O) groups is 1. The maximum atomic E-state index is 11.2. The molecule has 2 aliphatic rings. The monoisotopic (exact) mass is 265 g/mol. The van der Waals surface area contributed by atoms with Crippen molar-refractivity contribution in [3.8, 4) is 0 Å². The first kappa shape index (κ1) is 12.4. The highest BCUT2D eigenvalue weighted by atomic mass is 16.7. The topological polar surface area (TPSA) is 68.2 Å². The van der Waals surface area contributed by atoms with E-state index in [-0.39, 0.29) is 6.10 Å². The van der Waals surface area contributed by atoms with Crippen molar-refractivity contribution < 1.29 is 24.1 Å². The zero-order valence-corrected chi connectivity index (χ0v) is 10.3. The number of rotatable bonds is 1. The number of fused-ring (bicyclic) bond motifs is 1. The predicted octanol–water partition coefficient (Wildman–Crippen LogP) is 1.44. The summed E-state index contributed by atoms with van der Waals surface area (Å²) in [6.45, 7) is 1.02. The van der Waals surface area contributed by atoms with Crippen molar-refractivity contribution in [1.82, 2.24) is 4.90 Å². The fraction of sp³-hybridized carbons (Fsp3) is 0.462. The normalized spacial score (nSPS) is 30.7. The largest absolute Gasteiger partial charge is 0.465 e. The summed E-state index contributed by atoms with van der Waals surface area (Å²) >= 11 is 0. The van der Waals surface area contributed by atoms with Crippen molar-refractivity contribution in [1.29, 1.82) is 0 Å². The number of ether oxygens (including phenoxy) is 3. The van der Waals surface area contributed by atoms with Crippen LogP contribution in [0.2, 0.25) is 0 Å². The van der Waals surface area contributed by atoms with Crippen LogP contribution in [-0.4, -0.2) is 48.2 Å². The summed E-state index contributed by atoms with van der Waals surface area (Å²) < 4.78 is 16.8. The van der Waals surface area contributed by atoms with Gasteiger partial charge in [-0.25, -0.2) is 4.79 Å². The number of hydrogen-bond acceptors (Lipinski definition) is 4. The number of amides is 1. The third-order valence-electron chi connectivity index (χ3n) is 3.28. The Labute approximate surface area is 110 Å². The number of benzene rings is 1. The van der Waals surface area contributed by atoms with Crippen LogP contribution in [0.1, 0.15) is 11.9 Å². The van der Waals surface area contributed by atoms with Gasteiger partial charge in [-0.2, -0.15) is 0 Å². The summed E-state index contributed by atoms with van der Waals surface area (Å²) in [5.74, 6) is 0. The molecule has 2 saturated heterocycles. The van der Waals surface area contributed by atoms with Gasteiger partial charge in [-0.1, -0.05) is 30.3 Å². The Kier molecular flexibility index (Phi) is 3.37. The third-order valence-corrected chi connectivity index (χ3v) is 3.28. The second-order valence-corrected chi connectivity index (χ2v) is 4.49. The molecule has 2 fully saturated rings. The van der Waals surface area contributed by atoms with Crippen molar-refractivity contribution in [3.63, 3.8) is 0 Å². The van der Waals surface area contributed by atoms with E-state index in [1.54, 1.807) is 0 Å². The minimum Gasteiger partial charge on any atom is -0.465 e. The lowest BCUT2D eigenvalue weighted by Crippen LogP contribution is -2.58. The first-order chi connectivity index (χ1) is 9.25. The van der Waals surface area contributed by atoms with E-state index in [9.17, 15) is 9.90 Å². The number of carboxylic acid groups (broad SMARTS) is 1. The van der Waals surface area contributed by atoms with Crippen molar-refractivity contribution in [2.45, 2.75) is 18.6 Å². The Balaban J connectivity index is 1.77. The molecule has 2 aliphatic heterocycles. The molecule has 3 unspecified atom stereocenters. The molecule has 0 radical (unpaired) electrons. The van der Waals surface area contributed by atoms with Gasteiger partial charge in [0, 0.05) is 5.56 Å². The summed E-state index contributed by atoms with van der Waals surface area (Å²) in [5, 5.41) is 9.18. The van der Waals surface area contributed by atoms with E-state index < -0.39 is 18.6 Å². The SMILES string of the molecule is O=C(O)N1CCOC2COC(c3ccccc3)OC21. The van der Waals surface area contributed by atoms with Crippen molar-refractivity contribution in [3.05, 3.63) is 35.9 Å². The zero-order valence-electron chi connectivity index (χ0n) is 10.3. The van der Waals surface area contributed by atoms with Gasteiger partial charge in [-0.3, -0.25) is 4.90 Å². The van der Waals surface area contributed by atoms with Gasteiger partial charge in [0.2, 0.25) is 0 Å². The molecule has 0 bridgehead atoms. The van der Waals surface area contributed by atoms with Gasteiger partial charge in [0.05, 0.1) is 19.8 Å². The molecular formula is C13H15NO5. The highest BCUT2D eigenvalue weighted by molar-refractivity contribution is 5.65. The Morgan fingerprint density at radius 1 is 1.26 bits per heavy atom. The average molecular weight is 265 g/mol. The summed E-state index contributed by atoms with van der Waals surface area (Å²) in [6, 6.07) is 9.46. The molecule has 3 rings (SSSR count). The third kappa shape index (κ3) is 2.42. The molecule has 1 N–H and O–H groups in total. The van der Waals surface area contributed by atoms with E-state index in [2.05, 4.69) is 0 Å². The van der Waals surface area contributed by atoms with Crippen LogP contribution in [0, 0.1) is 0 Å². The molecule has 0 spiro atoms. The van der Waals surface area contributed by atoms with E-state index >= 15 is 0 Å². The summed E-state index contributed by atoms with van der Waals surface area (Å²) in [4.78, 5) is 12.5.